The lowest BCUT2D eigenvalue weighted by molar-refractivity contribution is -0.114. The molecule has 2 aromatic rings. The standard InChI is InChI=1S/C23H25N3O3/c1-5-18-10-6-7-11-19(18)15-14-17(2)25-29-16-20-12-8-9-13-21(20)22(26-28-4)23(27)24-3/h6-13H,5,16H2,1-4H3,(H,24,27)/b25-17+,26-22+. The average Bonchev–Trinajstić information content (AvgIpc) is 2.76. The van der Waals surface area contributed by atoms with Gasteiger partial charge in [0.25, 0.3) is 5.91 Å². The van der Waals surface area contributed by atoms with Crippen LogP contribution in [0.3, 0.4) is 0 Å². The molecule has 0 saturated heterocycles. The topological polar surface area (TPSA) is 72.3 Å². The molecule has 0 radical (unpaired) electrons. The lowest BCUT2D eigenvalue weighted by Gasteiger charge is -2.09. The fraction of sp³-hybridized carbons (Fsp3) is 0.261. The molecule has 0 spiro atoms. The minimum absolute atomic E-state index is 0.167. The van der Waals surface area contributed by atoms with Crippen LogP contribution in [0.2, 0.25) is 0 Å². The van der Waals surface area contributed by atoms with E-state index >= 15 is 0 Å². The van der Waals surface area contributed by atoms with Crippen LogP contribution in [0.5, 0.6) is 0 Å². The lowest BCUT2D eigenvalue weighted by Crippen LogP contribution is -2.29. The van der Waals surface area contributed by atoms with Crippen LogP contribution in [-0.4, -0.2) is 31.5 Å². The quantitative estimate of drug-likeness (QED) is 0.447. The summed E-state index contributed by atoms with van der Waals surface area (Å²) in [7, 11) is 2.93. The third-order valence-corrected chi connectivity index (χ3v) is 4.10. The van der Waals surface area contributed by atoms with Gasteiger partial charge in [-0.1, -0.05) is 65.6 Å². The van der Waals surface area contributed by atoms with E-state index in [0.717, 1.165) is 17.5 Å². The van der Waals surface area contributed by atoms with Crippen molar-refractivity contribution < 1.29 is 14.5 Å². The van der Waals surface area contributed by atoms with Gasteiger partial charge in [-0.2, -0.15) is 0 Å². The maximum atomic E-state index is 12.1. The second-order valence-corrected chi connectivity index (χ2v) is 6.07. The van der Waals surface area contributed by atoms with Crippen LogP contribution in [0.1, 0.15) is 36.1 Å². The Kier molecular flexibility index (Phi) is 8.46. The zero-order chi connectivity index (χ0) is 21.1. The predicted octanol–water partition coefficient (Wildman–Crippen LogP) is 3.29. The summed E-state index contributed by atoms with van der Waals surface area (Å²) < 4.78 is 0. The van der Waals surface area contributed by atoms with Gasteiger partial charge in [0.1, 0.15) is 19.4 Å². The Morgan fingerprint density at radius 2 is 1.76 bits per heavy atom. The number of hydrogen-bond donors (Lipinski definition) is 1. The van der Waals surface area contributed by atoms with Crippen molar-refractivity contribution in [2.75, 3.05) is 14.2 Å². The summed E-state index contributed by atoms with van der Waals surface area (Å²) in [4.78, 5) is 22.4. The maximum absolute atomic E-state index is 12.1. The van der Waals surface area contributed by atoms with E-state index in [1.54, 1.807) is 13.0 Å². The zero-order valence-electron chi connectivity index (χ0n) is 17.2. The fourth-order valence-corrected chi connectivity index (χ4v) is 2.63. The molecule has 0 aliphatic heterocycles. The van der Waals surface area contributed by atoms with Crippen molar-refractivity contribution in [2.24, 2.45) is 10.3 Å². The zero-order valence-corrected chi connectivity index (χ0v) is 17.2. The Morgan fingerprint density at radius 1 is 1.07 bits per heavy atom. The van der Waals surface area contributed by atoms with Crippen LogP contribution >= 0.6 is 0 Å². The van der Waals surface area contributed by atoms with Crippen LogP contribution in [0, 0.1) is 11.8 Å². The molecule has 0 fully saturated rings. The van der Waals surface area contributed by atoms with Gasteiger partial charge < -0.3 is 15.0 Å². The van der Waals surface area contributed by atoms with Crippen molar-refractivity contribution >= 4 is 17.3 Å². The molecule has 6 nitrogen and oxygen atoms in total. The third kappa shape index (κ3) is 6.22. The molecule has 0 aromatic heterocycles. The molecule has 1 N–H and O–H groups in total. The fourth-order valence-electron chi connectivity index (χ4n) is 2.63. The van der Waals surface area contributed by atoms with Crippen molar-refractivity contribution in [3.8, 4) is 11.8 Å². The van der Waals surface area contributed by atoms with E-state index in [1.807, 2.05) is 36.4 Å². The molecule has 2 rings (SSSR count). The van der Waals surface area contributed by atoms with Crippen molar-refractivity contribution in [3.05, 3.63) is 70.8 Å². The van der Waals surface area contributed by atoms with Crippen LogP contribution < -0.4 is 5.32 Å². The van der Waals surface area contributed by atoms with E-state index in [-0.39, 0.29) is 18.2 Å². The smallest absolute Gasteiger partial charge is 0.273 e. The summed E-state index contributed by atoms with van der Waals surface area (Å²) >= 11 is 0. The first-order chi connectivity index (χ1) is 14.1. The number of rotatable bonds is 7. The minimum Gasteiger partial charge on any atom is -0.398 e. The molecule has 0 saturated carbocycles. The van der Waals surface area contributed by atoms with Gasteiger partial charge in [0.2, 0.25) is 0 Å². The van der Waals surface area contributed by atoms with E-state index in [0.29, 0.717) is 11.3 Å². The number of hydrogen-bond acceptors (Lipinski definition) is 5. The van der Waals surface area contributed by atoms with Crippen molar-refractivity contribution in [1.82, 2.24) is 5.32 Å². The van der Waals surface area contributed by atoms with Crippen LogP contribution in [-0.2, 0) is 27.5 Å². The average molecular weight is 391 g/mol. The summed E-state index contributed by atoms with van der Waals surface area (Å²) in [6, 6.07) is 15.3. The Labute approximate surface area is 171 Å². The molecule has 0 unspecified atom stereocenters. The lowest BCUT2D eigenvalue weighted by atomic mass is 10.0. The molecule has 2 aromatic carbocycles. The Balaban J connectivity index is 2.14. The predicted molar refractivity (Wildman–Crippen MR) is 115 cm³/mol. The molecule has 0 atom stereocenters. The van der Waals surface area contributed by atoms with Crippen molar-refractivity contribution in [3.63, 3.8) is 0 Å². The molecule has 1 amide bonds. The molecule has 0 bridgehead atoms. The number of aryl methyl sites for hydroxylation is 1. The SMILES string of the molecule is CCc1ccccc1C#C/C(C)=N/OCc1ccccc1/C(=N\OC)C(=O)NC. The molecule has 0 aliphatic rings. The van der Waals surface area contributed by atoms with E-state index in [2.05, 4.69) is 40.5 Å². The largest absolute Gasteiger partial charge is 0.398 e. The van der Waals surface area contributed by atoms with Gasteiger partial charge in [-0.15, -0.1) is 0 Å². The van der Waals surface area contributed by atoms with Gasteiger partial charge in [0.15, 0.2) is 5.71 Å². The van der Waals surface area contributed by atoms with Crippen molar-refractivity contribution in [1.29, 1.82) is 0 Å². The number of nitrogens with one attached hydrogen (secondary N) is 1. The normalized spacial score (nSPS) is 11.3. The molecular formula is C23H25N3O3. The van der Waals surface area contributed by atoms with Gasteiger partial charge in [-0.25, -0.2) is 0 Å². The van der Waals surface area contributed by atoms with E-state index in [4.69, 9.17) is 9.68 Å². The highest BCUT2D eigenvalue weighted by molar-refractivity contribution is 6.45. The number of benzene rings is 2. The summed E-state index contributed by atoms with van der Waals surface area (Å²) in [5, 5.41) is 10.5. The Bertz CT molecular complexity index is 969. The van der Waals surface area contributed by atoms with Gasteiger partial charge in [-0.3, -0.25) is 4.79 Å². The maximum Gasteiger partial charge on any atom is 0.273 e. The molecule has 29 heavy (non-hydrogen) atoms. The Morgan fingerprint density at radius 3 is 2.45 bits per heavy atom. The van der Waals surface area contributed by atoms with E-state index in [9.17, 15) is 4.79 Å². The van der Waals surface area contributed by atoms with Gasteiger partial charge in [-0.05, 0) is 30.9 Å². The number of carbonyl (C=O) groups is 1. The van der Waals surface area contributed by atoms with Crippen LogP contribution in [0.25, 0.3) is 0 Å². The highest BCUT2D eigenvalue weighted by Crippen LogP contribution is 2.13. The number of nitrogens with zero attached hydrogens (tertiary/aromatic N) is 2. The summed E-state index contributed by atoms with van der Waals surface area (Å²) in [5.74, 6) is 5.80. The van der Waals surface area contributed by atoms with Gasteiger partial charge >= 0.3 is 0 Å². The third-order valence-electron chi connectivity index (χ3n) is 4.10. The van der Waals surface area contributed by atoms with Crippen LogP contribution in [0.4, 0.5) is 0 Å². The van der Waals surface area contributed by atoms with E-state index in [1.165, 1.54) is 19.7 Å². The minimum atomic E-state index is -0.348. The molecule has 6 heteroatoms. The molecule has 150 valence electrons. The first kappa shape index (κ1) is 21.7. The highest BCUT2D eigenvalue weighted by atomic mass is 16.6. The molecular weight excluding hydrogens is 366 g/mol. The molecule has 0 aliphatic carbocycles. The van der Waals surface area contributed by atoms with E-state index < -0.39 is 0 Å². The number of oxime groups is 2. The Hall–Kier alpha value is -3.59. The number of amides is 1. The number of carbonyl (C=O) groups excluding carboxylic acids is 1. The first-order valence-corrected chi connectivity index (χ1v) is 9.28. The monoisotopic (exact) mass is 391 g/mol. The van der Waals surface area contributed by atoms with Gasteiger partial charge in [0, 0.05) is 23.7 Å². The summed E-state index contributed by atoms with van der Waals surface area (Å²) in [6.45, 7) is 4.05. The summed E-state index contributed by atoms with van der Waals surface area (Å²) in [6.07, 6.45) is 0.922. The van der Waals surface area contributed by atoms with Crippen LogP contribution in [0.15, 0.2) is 58.8 Å². The first-order valence-electron chi connectivity index (χ1n) is 9.28. The van der Waals surface area contributed by atoms with Gasteiger partial charge in [0.05, 0.1) is 0 Å². The second kappa shape index (κ2) is 11.3. The summed E-state index contributed by atoms with van der Waals surface area (Å²) in [5.41, 5.74) is 4.29. The second-order valence-electron chi connectivity index (χ2n) is 6.07. The highest BCUT2D eigenvalue weighted by Gasteiger charge is 2.17. The molecule has 0 heterocycles. The van der Waals surface area contributed by atoms with Crippen molar-refractivity contribution in [2.45, 2.75) is 26.9 Å². The number of likely N-dealkylation sites (N-methyl/N-ethyl adjacent to an activating group) is 1.